The minimum Gasteiger partial charge on any atom is -0.481 e. The monoisotopic (exact) mass is 217 g/mol. The SMILES string of the molecule is CCCC(CNC(=O)OC(C)C)C(=O)O. The first-order valence-corrected chi connectivity index (χ1v) is 5.14. The first-order chi connectivity index (χ1) is 6.97. The summed E-state index contributed by atoms with van der Waals surface area (Å²) in [6.45, 7) is 5.50. The van der Waals surface area contributed by atoms with Gasteiger partial charge in [-0.3, -0.25) is 4.79 Å². The Morgan fingerprint density at radius 3 is 2.40 bits per heavy atom. The Kier molecular flexibility index (Phi) is 6.49. The van der Waals surface area contributed by atoms with Gasteiger partial charge in [0.05, 0.1) is 12.0 Å². The minimum atomic E-state index is -0.887. The number of amides is 1. The van der Waals surface area contributed by atoms with Gasteiger partial charge in [0.2, 0.25) is 0 Å². The van der Waals surface area contributed by atoms with Crippen molar-refractivity contribution in [3.8, 4) is 0 Å². The molecule has 15 heavy (non-hydrogen) atoms. The van der Waals surface area contributed by atoms with Crippen molar-refractivity contribution in [3.05, 3.63) is 0 Å². The minimum absolute atomic E-state index is 0.120. The van der Waals surface area contributed by atoms with Crippen LogP contribution >= 0.6 is 0 Å². The summed E-state index contributed by atoms with van der Waals surface area (Å²) in [7, 11) is 0. The molecule has 1 atom stereocenters. The van der Waals surface area contributed by atoms with E-state index in [0.717, 1.165) is 6.42 Å². The molecule has 1 unspecified atom stereocenters. The molecule has 0 aromatic rings. The van der Waals surface area contributed by atoms with Gasteiger partial charge < -0.3 is 15.2 Å². The quantitative estimate of drug-likeness (QED) is 0.709. The molecule has 88 valence electrons. The van der Waals surface area contributed by atoms with Crippen molar-refractivity contribution in [1.29, 1.82) is 0 Å². The van der Waals surface area contributed by atoms with E-state index in [0.29, 0.717) is 6.42 Å². The summed E-state index contributed by atoms with van der Waals surface area (Å²) >= 11 is 0. The normalized spacial score (nSPS) is 12.3. The number of rotatable bonds is 6. The molecule has 0 aromatic carbocycles. The van der Waals surface area contributed by atoms with E-state index in [1.54, 1.807) is 13.8 Å². The summed E-state index contributed by atoms with van der Waals surface area (Å²) < 4.78 is 4.82. The summed E-state index contributed by atoms with van der Waals surface area (Å²) in [5, 5.41) is 11.2. The second kappa shape index (κ2) is 7.09. The molecular formula is C10H19NO4. The van der Waals surface area contributed by atoms with Crippen LogP contribution in [-0.4, -0.2) is 29.8 Å². The lowest BCUT2D eigenvalue weighted by molar-refractivity contribution is -0.141. The Bertz CT molecular complexity index is 215. The Balaban J connectivity index is 3.88. The topological polar surface area (TPSA) is 75.6 Å². The molecule has 0 radical (unpaired) electrons. The van der Waals surface area contributed by atoms with Gasteiger partial charge in [0.25, 0.3) is 0 Å². The average molecular weight is 217 g/mol. The molecule has 0 bridgehead atoms. The Hall–Kier alpha value is -1.26. The highest BCUT2D eigenvalue weighted by molar-refractivity contribution is 5.72. The molecule has 0 fully saturated rings. The Morgan fingerprint density at radius 1 is 1.40 bits per heavy atom. The molecule has 0 aliphatic carbocycles. The molecule has 0 aliphatic rings. The van der Waals surface area contributed by atoms with Gasteiger partial charge in [-0.25, -0.2) is 4.79 Å². The van der Waals surface area contributed by atoms with Crippen molar-refractivity contribution in [1.82, 2.24) is 5.32 Å². The van der Waals surface area contributed by atoms with Gasteiger partial charge in [-0.1, -0.05) is 13.3 Å². The fourth-order valence-electron chi connectivity index (χ4n) is 1.12. The molecule has 0 saturated heterocycles. The highest BCUT2D eigenvalue weighted by Crippen LogP contribution is 2.05. The number of ether oxygens (including phenoxy) is 1. The molecule has 5 heteroatoms. The van der Waals surface area contributed by atoms with Gasteiger partial charge in [0, 0.05) is 6.54 Å². The molecule has 0 rings (SSSR count). The van der Waals surface area contributed by atoms with E-state index < -0.39 is 18.0 Å². The van der Waals surface area contributed by atoms with Crippen molar-refractivity contribution in [2.75, 3.05) is 6.54 Å². The number of hydrogen-bond acceptors (Lipinski definition) is 3. The van der Waals surface area contributed by atoms with Crippen molar-refractivity contribution in [2.45, 2.75) is 39.7 Å². The van der Waals surface area contributed by atoms with E-state index in [9.17, 15) is 9.59 Å². The number of carboxylic acids is 1. The van der Waals surface area contributed by atoms with Gasteiger partial charge in [-0.2, -0.15) is 0 Å². The van der Waals surface area contributed by atoms with Crippen LogP contribution in [0.3, 0.4) is 0 Å². The lowest BCUT2D eigenvalue weighted by atomic mass is 10.0. The molecule has 1 amide bonds. The van der Waals surface area contributed by atoms with Gasteiger partial charge in [-0.05, 0) is 20.3 Å². The average Bonchev–Trinajstić information content (AvgIpc) is 2.10. The zero-order chi connectivity index (χ0) is 11.8. The zero-order valence-corrected chi connectivity index (χ0v) is 9.45. The summed E-state index contributed by atoms with van der Waals surface area (Å²) in [6.07, 6.45) is 0.571. The fraction of sp³-hybridized carbons (Fsp3) is 0.800. The van der Waals surface area contributed by atoms with Crippen LogP contribution in [-0.2, 0) is 9.53 Å². The van der Waals surface area contributed by atoms with Crippen molar-refractivity contribution in [3.63, 3.8) is 0 Å². The lowest BCUT2D eigenvalue weighted by Gasteiger charge is -2.13. The number of carbonyl (C=O) groups is 2. The van der Waals surface area contributed by atoms with Crippen molar-refractivity contribution < 1.29 is 19.4 Å². The van der Waals surface area contributed by atoms with E-state index in [1.807, 2.05) is 6.92 Å². The fourth-order valence-corrected chi connectivity index (χ4v) is 1.12. The molecule has 0 aliphatic heterocycles. The zero-order valence-electron chi connectivity index (χ0n) is 9.45. The first kappa shape index (κ1) is 13.7. The second-order valence-corrected chi connectivity index (χ2v) is 3.66. The number of carbonyl (C=O) groups excluding carboxylic acids is 1. The van der Waals surface area contributed by atoms with Crippen LogP contribution in [0, 0.1) is 5.92 Å². The first-order valence-electron chi connectivity index (χ1n) is 5.14. The van der Waals surface area contributed by atoms with Gasteiger partial charge in [-0.15, -0.1) is 0 Å². The Labute approximate surface area is 89.8 Å². The smallest absolute Gasteiger partial charge is 0.407 e. The lowest BCUT2D eigenvalue weighted by Crippen LogP contribution is -2.34. The molecule has 0 aromatic heterocycles. The third-order valence-corrected chi connectivity index (χ3v) is 1.82. The molecule has 0 saturated carbocycles. The number of alkyl carbamates (subject to hydrolysis) is 1. The van der Waals surface area contributed by atoms with Gasteiger partial charge in [0.1, 0.15) is 0 Å². The maximum absolute atomic E-state index is 11.1. The highest BCUT2D eigenvalue weighted by Gasteiger charge is 2.17. The second-order valence-electron chi connectivity index (χ2n) is 3.66. The largest absolute Gasteiger partial charge is 0.481 e. The van der Waals surface area contributed by atoms with E-state index >= 15 is 0 Å². The van der Waals surface area contributed by atoms with Crippen LogP contribution in [0.4, 0.5) is 4.79 Å². The summed E-state index contributed by atoms with van der Waals surface area (Å²) in [5.41, 5.74) is 0. The van der Waals surface area contributed by atoms with Crippen LogP contribution in [0.2, 0.25) is 0 Å². The standard InChI is InChI=1S/C10H19NO4/c1-4-5-8(9(12)13)6-11-10(14)15-7(2)3/h7-8H,4-6H2,1-3H3,(H,11,14)(H,12,13). The van der Waals surface area contributed by atoms with Crippen LogP contribution in [0.25, 0.3) is 0 Å². The molecular weight excluding hydrogens is 198 g/mol. The van der Waals surface area contributed by atoms with E-state index in [4.69, 9.17) is 9.84 Å². The van der Waals surface area contributed by atoms with E-state index in [-0.39, 0.29) is 12.6 Å². The van der Waals surface area contributed by atoms with E-state index in [2.05, 4.69) is 5.32 Å². The summed E-state index contributed by atoms with van der Waals surface area (Å²) in [4.78, 5) is 21.8. The van der Waals surface area contributed by atoms with Crippen LogP contribution < -0.4 is 5.32 Å². The highest BCUT2D eigenvalue weighted by atomic mass is 16.6. The molecule has 0 spiro atoms. The third-order valence-electron chi connectivity index (χ3n) is 1.82. The number of nitrogens with one attached hydrogen (secondary N) is 1. The third kappa shape index (κ3) is 6.76. The summed E-state index contributed by atoms with van der Waals surface area (Å²) in [6, 6.07) is 0. The predicted molar refractivity (Wildman–Crippen MR) is 55.7 cm³/mol. The predicted octanol–water partition coefficient (Wildman–Crippen LogP) is 1.62. The van der Waals surface area contributed by atoms with Crippen LogP contribution in [0.1, 0.15) is 33.6 Å². The molecule has 0 heterocycles. The Morgan fingerprint density at radius 2 is 2.00 bits per heavy atom. The van der Waals surface area contributed by atoms with Crippen LogP contribution in [0.15, 0.2) is 0 Å². The maximum atomic E-state index is 11.1. The maximum Gasteiger partial charge on any atom is 0.407 e. The number of aliphatic carboxylic acids is 1. The van der Waals surface area contributed by atoms with Crippen molar-refractivity contribution in [2.24, 2.45) is 5.92 Å². The molecule has 2 N–H and O–H groups in total. The van der Waals surface area contributed by atoms with Gasteiger partial charge in [0.15, 0.2) is 0 Å². The van der Waals surface area contributed by atoms with Gasteiger partial charge >= 0.3 is 12.1 Å². The molecule has 5 nitrogen and oxygen atoms in total. The number of carboxylic acid groups (broad SMARTS) is 1. The van der Waals surface area contributed by atoms with E-state index in [1.165, 1.54) is 0 Å². The van der Waals surface area contributed by atoms with Crippen molar-refractivity contribution >= 4 is 12.1 Å². The van der Waals surface area contributed by atoms with Crippen LogP contribution in [0.5, 0.6) is 0 Å². The number of hydrogen-bond donors (Lipinski definition) is 2. The summed E-state index contributed by atoms with van der Waals surface area (Å²) in [5.74, 6) is -1.42.